The number of benzene rings is 1. The first-order valence-corrected chi connectivity index (χ1v) is 8.44. The lowest BCUT2D eigenvalue weighted by molar-refractivity contribution is -0.135. The summed E-state index contributed by atoms with van der Waals surface area (Å²) in [4.78, 5) is 17.0. The highest BCUT2D eigenvalue weighted by Crippen LogP contribution is 2.32. The number of pyridine rings is 1. The first-order chi connectivity index (χ1) is 13.5. The molecule has 1 aromatic heterocycles. The Bertz CT molecular complexity index is 937. The number of halogens is 2. The number of methoxy groups -OCH3 is 1. The molecule has 6 nitrogen and oxygen atoms in total. The first kappa shape index (κ1) is 19.3. The van der Waals surface area contributed by atoms with Crippen LogP contribution in [0.3, 0.4) is 0 Å². The van der Waals surface area contributed by atoms with Gasteiger partial charge < -0.3 is 14.4 Å². The highest BCUT2D eigenvalue weighted by atomic mass is 19.3. The molecule has 0 N–H and O–H groups in total. The van der Waals surface area contributed by atoms with Gasteiger partial charge in [0.05, 0.1) is 42.2 Å². The molecule has 1 aromatic carbocycles. The zero-order valence-electron chi connectivity index (χ0n) is 15.1. The molecule has 0 fully saturated rings. The van der Waals surface area contributed by atoms with Gasteiger partial charge in [0.2, 0.25) is 0 Å². The first-order valence-electron chi connectivity index (χ1n) is 8.44. The Kier molecular flexibility index (Phi) is 5.84. The maximum absolute atomic E-state index is 12.9. The Hall–Kier alpha value is -3.47. The minimum absolute atomic E-state index is 0.0240. The molecular formula is C20H17F2N3O3. The van der Waals surface area contributed by atoms with Crippen LogP contribution in [0.2, 0.25) is 0 Å². The maximum Gasteiger partial charge on any atom is 0.333 e. The summed E-state index contributed by atoms with van der Waals surface area (Å²) in [7, 11) is 1.51. The largest absolute Gasteiger partial charge is 0.496 e. The number of carbonyl (C=O) groups excluding carboxylic acids is 1. The molecule has 2 aromatic rings. The fraction of sp³-hybridized carbons (Fsp3) is 0.250. The normalized spacial score (nSPS) is 13.1. The van der Waals surface area contributed by atoms with E-state index in [0.29, 0.717) is 33.8 Å². The van der Waals surface area contributed by atoms with Gasteiger partial charge in [0.25, 0.3) is 6.43 Å². The SMILES string of the molecule is COc1cccc(C#N)c1-c1ccc(CN(CC(F)F)C2=CC(=O)OC2)cn1. The molecule has 0 radical (unpaired) electrons. The van der Waals surface area contributed by atoms with Crippen LogP contribution < -0.4 is 4.74 Å². The lowest BCUT2D eigenvalue weighted by Crippen LogP contribution is -2.28. The number of nitriles is 1. The third-order valence-corrected chi connectivity index (χ3v) is 4.23. The third kappa shape index (κ3) is 4.26. The molecule has 0 atom stereocenters. The minimum atomic E-state index is -2.56. The Balaban J connectivity index is 1.85. The van der Waals surface area contributed by atoms with Gasteiger partial charge in [-0.05, 0) is 23.8 Å². The van der Waals surface area contributed by atoms with Crippen molar-refractivity contribution in [2.45, 2.75) is 13.0 Å². The van der Waals surface area contributed by atoms with Gasteiger partial charge in [-0.1, -0.05) is 12.1 Å². The van der Waals surface area contributed by atoms with Gasteiger partial charge in [-0.2, -0.15) is 5.26 Å². The highest BCUT2D eigenvalue weighted by Gasteiger charge is 2.22. The molecule has 1 aliphatic heterocycles. The van der Waals surface area contributed by atoms with E-state index in [2.05, 4.69) is 11.1 Å². The van der Waals surface area contributed by atoms with E-state index in [1.54, 1.807) is 36.5 Å². The van der Waals surface area contributed by atoms with Gasteiger partial charge >= 0.3 is 5.97 Å². The van der Waals surface area contributed by atoms with Gasteiger partial charge in [0.15, 0.2) is 0 Å². The van der Waals surface area contributed by atoms with E-state index in [1.807, 2.05) is 0 Å². The number of esters is 1. The van der Waals surface area contributed by atoms with E-state index >= 15 is 0 Å². The molecule has 144 valence electrons. The van der Waals surface area contributed by atoms with Crippen LogP contribution in [0.5, 0.6) is 5.75 Å². The van der Waals surface area contributed by atoms with Crippen LogP contribution in [0.1, 0.15) is 11.1 Å². The molecule has 8 heteroatoms. The lowest BCUT2D eigenvalue weighted by Gasteiger charge is -2.24. The summed E-state index contributed by atoms with van der Waals surface area (Å²) in [5.41, 5.74) is 2.62. The number of hydrogen-bond donors (Lipinski definition) is 0. The Labute approximate surface area is 160 Å². The van der Waals surface area contributed by atoms with Crippen molar-refractivity contribution in [3.05, 3.63) is 59.4 Å². The molecule has 0 spiro atoms. The van der Waals surface area contributed by atoms with Crippen LogP contribution in [-0.2, 0) is 16.1 Å². The van der Waals surface area contributed by atoms with Gasteiger partial charge in [0, 0.05) is 18.8 Å². The van der Waals surface area contributed by atoms with Crippen molar-refractivity contribution in [3.63, 3.8) is 0 Å². The molecule has 3 rings (SSSR count). The van der Waals surface area contributed by atoms with Crippen molar-refractivity contribution in [1.82, 2.24) is 9.88 Å². The molecule has 0 saturated heterocycles. The maximum atomic E-state index is 12.9. The summed E-state index contributed by atoms with van der Waals surface area (Å²) in [5.74, 6) is -0.0201. The molecule has 0 saturated carbocycles. The van der Waals surface area contributed by atoms with E-state index in [9.17, 15) is 18.8 Å². The van der Waals surface area contributed by atoms with Crippen LogP contribution in [0.25, 0.3) is 11.3 Å². The average Bonchev–Trinajstić information content (AvgIpc) is 3.13. The van der Waals surface area contributed by atoms with Crippen molar-refractivity contribution in [3.8, 4) is 23.1 Å². The summed E-state index contributed by atoms with van der Waals surface area (Å²) in [6.07, 6.45) is 0.216. The number of cyclic esters (lactones) is 1. The molecule has 0 amide bonds. The summed E-state index contributed by atoms with van der Waals surface area (Å²) >= 11 is 0. The smallest absolute Gasteiger partial charge is 0.333 e. The van der Waals surface area contributed by atoms with E-state index in [-0.39, 0.29) is 13.2 Å². The van der Waals surface area contributed by atoms with Crippen molar-refractivity contribution in [2.24, 2.45) is 0 Å². The zero-order chi connectivity index (χ0) is 20.1. The Morgan fingerprint density at radius 2 is 2.18 bits per heavy atom. The molecular weight excluding hydrogens is 368 g/mol. The number of ether oxygens (including phenoxy) is 2. The van der Waals surface area contributed by atoms with Gasteiger partial charge in [-0.25, -0.2) is 13.6 Å². The molecule has 0 bridgehead atoms. The van der Waals surface area contributed by atoms with Crippen molar-refractivity contribution in [2.75, 3.05) is 20.3 Å². The van der Waals surface area contributed by atoms with Crippen LogP contribution in [0.15, 0.2) is 48.3 Å². The van der Waals surface area contributed by atoms with E-state index in [0.717, 1.165) is 0 Å². The van der Waals surface area contributed by atoms with Crippen LogP contribution in [0.4, 0.5) is 8.78 Å². The fourth-order valence-electron chi connectivity index (χ4n) is 2.94. The van der Waals surface area contributed by atoms with Gasteiger partial charge in [-0.15, -0.1) is 0 Å². The van der Waals surface area contributed by atoms with Crippen molar-refractivity contribution >= 4 is 5.97 Å². The van der Waals surface area contributed by atoms with Gasteiger partial charge in [0.1, 0.15) is 12.4 Å². The van der Waals surface area contributed by atoms with E-state index < -0.39 is 18.9 Å². The minimum Gasteiger partial charge on any atom is -0.496 e. The van der Waals surface area contributed by atoms with Crippen LogP contribution in [0, 0.1) is 11.3 Å². The summed E-state index contributed by atoms with van der Waals surface area (Å²) in [5, 5.41) is 9.34. The zero-order valence-corrected chi connectivity index (χ0v) is 15.1. The quantitative estimate of drug-likeness (QED) is 0.682. The van der Waals surface area contributed by atoms with Crippen molar-refractivity contribution < 1.29 is 23.0 Å². The number of rotatable bonds is 7. The summed E-state index contributed by atoms with van der Waals surface area (Å²) in [6, 6.07) is 10.7. The van der Waals surface area contributed by atoms with E-state index in [1.165, 1.54) is 18.1 Å². The topological polar surface area (TPSA) is 75.5 Å². The van der Waals surface area contributed by atoms with Crippen molar-refractivity contribution in [1.29, 1.82) is 5.26 Å². The second kappa shape index (κ2) is 8.48. The van der Waals surface area contributed by atoms with Crippen LogP contribution >= 0.6 is 0 Å². The molecule has 1 aliphatic rings. The molecule has 0 unspecified atom stereocenters. The standard InChI is InChI=1S/C20H17F2N3O3/c1-27-17-4-2-3-14(8-23)20(17)16-6-5-13(9-24-16)10-25(11-18(21)22)15-7-19(26)28-12-15/h2-7,9,18H,10-12H2,1H3. The predicted octanol–water partition coefficient (Wildman–Crippen LogP) is 3.14. The third-order valence-electron chi connectivity index (χ3n) is 4.23. The van der Waals surface area contributed by atoms with E-state index in [4.69, 9.17) is 9.47 Å². The lowest BCUT2D eigenvalue weighted by atomic mass is 10.0. The molecule has 28 heavy (non-hydrogen) atoms. The average molecular weight is 385 g/mol. The Morgan fingerprint density at radius 3 is 2.75 bits per heavy atom. The molecule has 2 heterocycles. The second-order valence-electron chi connectivity index (χ2n) is 6.06. The number of aromatic nitrogens is 1. The monoisotopic (exact) mass is 385 g/mol. The van der Waals surface area contributed by atoms with Gasteiger partial charge in [-0.3, -0.25) is 4.98 Å². The Morgan fingerprint density at radius 1 is 1.36 bits per heavy atom. The number of hydrogen-bond acceptors (Lipinski definition) is 6. The molecule has 0 aliphatic carbocycles. The number of alkyl halides is 2. The van der Waals surface area contributed by atoms with Crippen LogP contribution in [-0.4, -0.2) is 42.5 Å². The predicted molar refractivity (Wildman–Crippen MR) is 96.4 cm³/mol. The number of carbonyl (C=O) groups is 1. The number of nitrogens with zero attached hydrogens (tertiary/aromatic N) is 3. The second-order valence-corrected chi connectivity index (χ2v) is 6.06. The summed E-state index contributed by atoms with van der Waals surface area (Å²) < 4.78 is 36.0. The highest BCUT2D eigenvalue weighted by molar-refractivity contribution is 5.85. The summed E-state index contributed by atoms with van der Waals surface area (Å²) in [6.45, 7) is -0.393. The fourth-order valence-corrected chi connectivity index (χ4v) is 2.94.